The number of nitrogens with zero attached hydrogens (tertiary/aromatic N) is 1. The Balaban J connectivity index is 2.16. The third kappa shape index (κ3) is 3.21. The first kappa shape index (κ1) is 12.4. The Morgan fingerprint density at radius 2 is 2.24 bits per heavy atom. The van der Waals surface area contributed by atoms with Crippen LogP contribution in [0, 0.1) is 11.3 Å². The Morgan fingerprint density at radius 3 is 3.00 bits per heavy atom. The van der Waals surface area contributed by atoms with Crippen molar-refractivity contribution in [2.24, 2.45) is 0 Å². The van der Waals surface area contributed by atoms with Crippen molar-refractivity contribution in [2.75, 3.05) is 18.5 Å². The van der Waals surface area contributed by atoms with Crippen molar-refractivity contribution in [1.82, 2.24) is 0 Å². The maximum atomic E-state index is 9.42. The third-order valence-electron chi connectivity index (χ3n) is 2.99. The Kier molecular flexibility index (Phi) is 4.03. The number of hydrogen-bond acceptors (Lipinski definition) is 3. The van der Waals surface area contributed by atoms with Gasteiger partial charge in [0.1, 0.15) is 5.54 Å². The van der Waals surface area contributed by atoms with Gasteiger partial charge in [0.25, 0.3) is 0 Å². The molecule has 1 aliphatic heterocycles. The zero-order chi connectivity index (χ0) is 12.1. The van der Waals surface area contributed by atoms with Crippen LogP contribution in [0.2, 0.25) is 0 Å². The first-order valence-electron chi connectivity index (χ1n) is 5.77. The molecule has 4 heteroatoms. The molecule has 1 saturated heterocycles. The van der Waals surface area contributed by atoms with Crippen LogP contribution >= 0.6 is 15.9 Å². The fraction of sp³-hybridized carbons (Fsp3) is 0.462. The van der Waals surface area contributed by atoms with Gasteiger partial charge in [-0.05, 0) is 31.0 Å². The summed E-state index contributed by atoms with van der Waals surface area (Å²) in [5.41, 5.74) is 0.486. The Morgan fingerprint density at radius 1 is 1.35 bits per heavy atom. The summed E-state index contributed by atoms with van der Waals surface area (Å²) in [5.74, 6) is 0. The predicted molar refractivity (Wildman–Crippen MR) is 70.8 cm³/mol. The fourth-order valence-electron chi connectivity index (χ4n) is 2.06. The summed E-state index contributed by atoms with van der Waals surface area (Å²) in [5, 5.41) is 12.8. The van der Waals surface area contributed by atoms with E-state index >= 15 is 0 Å². The van der Waals surface area contributed by atoms with Crippen LogP contribution in [0.5, 0.6) is 0 Å². The normalized spacial score (nSPS) is 24.7. The van der Waals surface area contributed by atoms with E-state index in [0.717, 1.165) is 36.0 Å². The van der Waals surface area contributed by atoms with E-state index in [9.17, 15) is 5.26 Å². The van der Waals surface area contributed by atoms with Gasteiger partial charge in [-0.2, -0.15) is 5.26 Å². The zero-order valence-electron chi connectivity index (χ0n) is 9.58. The molecule has 0 saturated carbocycles. The molecule has 0 amide bonds. The van der Waals surface area contributed by atoms with E-state index in [1.54, 1.807) is 0 Å². The lowest BCUT2D eigenvalue weighted by Gasteiger charge is -2.27. The van der Waals surface area contributed by atoms with Gasteiger partial charge in [-0.3, -0.25) is 0 Å². The van der Waals surface area contributed by atoms with Crippen molar-refractivity contribution < 1.29 is 4.74 Å². The van der Waals surface area contributed by atoms with Gasteiger partial charge in [0, 0.05) is 29.8 Å². The number of halogens is 1. The summed E-state index contributed by atoms with van der Waals surface area (Å²) in [7, 11) is 0. The van der Waals surface area contributed by atoms with Gasteiger partial charge in [0.05, 0.1) is 6.07 Å². The second-order valence-corrected chi connectivity index (χ2v) is 5.21. The summed E-state index contributed by atoms with van der Waals surface area (Å²) < 4.78 is 6.43. The Hall–Kier alpha value is -1.05. The number of benzene rings is 1. The highest BCUT2D eigenvalue weighted by atomic mass is 79.9. The summed E-state index contributed by atoms with van der Waals surface area (Å²) in [4.78, 5) is 0. The summed E-state index contributed by atoms with van der Waals surface area (Å²) in [6.45, 7) is 1.40. The molecule has 0 aromatic heterocycles. The molecule has 90 valence electrons. The van der Waals surface area contributed by atoms with Crippen LogP contribution in [0.25, 0.3) is 0 Å². The van der Waals surface area contributed by atoms with Crippen molar-refractivity contribution in [3.8, 4) is 6.07 Å². The van der Waals surface area contributed by atoms with Gasteiger partial charge in [0.15, 0.2) is 0 Å². The monoisotopic (exact) mass is 294 g/mol. The minimum absolute atomic E-state index is 0.489. The lowest BCUT2D eigenvalue weighted by atomic mass is 9.92. The van der Waals surface area contributed by atoms with E-state index in [1.165, 1.54) is 0 Å². The van der Waals surface area contributed by atoms with Gasteiger partial charge in [-0.1, -0.05) is 22.0 Å². The van der Waals surface area contributed by atoms with E-state index < -0.39 is 5.54 Å². The first-order chi connectivity index (χ1) is 8.24. The highest BCUT2D eigenvalue weighted by Gasteiger charge is 2.31. The molecule has 1 aromatic carbocycles. The number of nitriles is 1. The topological polar surface area (TPSA) is 45.0 Å². The lowest BCUT2D eigenvalue weighted by molar-refractivity contribution is 0.142. The third-order valence-corrected chi connectivity index (χ3v) is 3.48. The molecule has 1 aromatic rings. The van der Waals surface area contributed by atoms with Crippen LogP contribution < -0.4 is 5.32 Å². The van der Waals surface area contributed by atoms with E-state index in [2.05, 4.69) is 27.3 Å². The van der Waals surface area contributed by atoms with Crippen molar-refractivity contribution >= 4 is 21.6 Å². The Bertz CT molecular complexity index is 420. The summed E-state index contributed by atoms with van der Waals surface area (Å²) in [6, 6.07) is 10.3. The average molecular weight is 295 g/mol. The van der Waals surface area contributed by atoms with E-state index in [0.29, 0.717) is 6.61 Å². The van der Waals surface area contributed by atoms with Crippen LogP contribution in [0.15, 0.2) is 28.7 Å². The largest absolute Gasteiger partial charge is 0.381 e. The molecule has 0 aliphatic carbocycles. The molecule has 0 bridgehead atoms. The van der Waals surface area contributed by atoms with Gasteiger partial charge in [-0.25, -0.2) is 0 Å². The van der Waals surface area contributed by atoms with Crippen molar-refractivity contribution in [3.63, 3.8) is 0 Å². The van der Waals surface area contributed by atoms with Crippen LogP contribution in [0.3, 0.4) is 0 Å². The molecule has 1 aliphatic rings. The van der Waals surface area contributed by atoms with E-state index in [-0.39, 0.29) is 0 Å². The minimum atomic E-state index is -0.489. The SMILES string of the molecule is N#CC1(Nc2cccc(Br)c2)CCCOCC1. The molecule has 3 nitrogen and oxygen atoms in total. The van der Waals surface area contributed by atoms with Crippen molar-refractivity contribution in [2.45, 2.75) is 24.8 Å². The molecule has 2 rings (SSSR count). The molecule has 0 spiro atoms. The second kappa shape index (κ2) is 5.52. The van der Waals surface area contributed by atoms with E-state index in [1.807, 2.05) is 24.3 Å². The Labute approximate surface area is 110 Å². The summed E-state index contributed by atoms with van der Waals surface area (Å²) in [6.07, 6.45) is 2.49. The molecular formula is C13H15BrN2O. The zero-order valence-corrected chi connectivity index (χ0v) is 11.2. The first-order valence-corrected chi connectivity index (χ1v) is 6.56. The smallest absolute Gasteiger partial charge is 0.127 e. The number of ether oxygens (including phenoxy) is 1. The van der Waals surface area contributed by atoms with Crippen LogP contribution in [-0.2, 0) is 4.74 Å². The van der Waals surface area contributed by atoms with Crippen LogP contribution in [0.1, 0.15) is 19.3 Å². The number of hydrogen-bond donors (Lipinski definition) is 1. The van der Waals surface area contributed by atoms with Gasteiger partial charge >= 0.3 is 0 Å². The highest BCUT2D eigenvalue weighted by Crippen LogP contribution is 2.27. The number of anilines is 1. The molecule has 1 N–H and O–H groups in total. The van der Waals surface area contributed by atoms with Gasteiger partial charge < -0.3 is 10.1 Å². The molecule has 1 heterocycles. The highest BCUT2D eigenvalue weighted by molar-refractivity contribution is 9.10. The van der Waals surface area contributed by atoms with E-state index in [4.69, 9.17) is 4.74 Å². The molecule has 0 radical (unpaired) electrons. The van der Waals surface area contributed by atoms with Crippen molar-refractivity contribution in [1.29, 1.82) is 5.26 Å². The predicted octanol–water partition coefficient (Wildman–Crippen LogP) is 3.32. The fourth-order valence-corrected chi connectivity index (χ4v) is 2.46. The maximum Gasteiger partial charge on any atom is 0.127 e. The lowest BCUT2D eigenvalue weighted by Crippen LogP contribution is -2.36. The second-order valence-electron chi connectivity index (χ2n) is 4.30. The molecular weight excluding hydrogens is 280 g/mol. The molecule has 1 atom stereocenters. The molecule has 17 heavy (non-hydrogen) atoms. The molecule has 1 unspecified atom stereocenters. The minimum Gasteiger partial charge on any atom is -0.381 e. The van der Waals surface area contributed by atoms with Gasteiger partial charge in [-0.15, -0.1) is 0 Å². The molecule has 1 fully saturated rings. The average Bonchev–Trinajstić information content (AvgIpc) is 2.55. The maximum absolute atomic E-state index is 9.42. The quantitative estimate of drug-likeness (QED) is 0.910. The van der Waals surface area contributed by atoms with Crippen LogP contribution in [-0.4, -0.2) is 18.8 Å². The van der Waals surface area contributed by atoms with Gasteiger partial charge in [0.2, 0.25) is 0 Å². The van der Waals surface area contributed by atoms with Crippen LogP contribution in [0.4, 0.5) is 5.69 Å². The standard InChI is InChI=1S/C13H15BrN2O/c14-11-3-1-4-12(9-11)16-13(10-15)5-2-7-17-8-6-13/h1,3-4,9,16H,2,5-8H2. The number of nitrogens with one attached hydrogen (secondary N) is 1. The summed E-state index contributed by atoms with van der Waals surface area (Å²) >= 11 is 3.43. The van der Waals surface area contributed by atoms with Crippen molar-refractivity contribution in [3.05, 3.63) is 28.7 Å². The number of rotatable bonds is 2.